The fraction of sp³-hybridized carbons (Fsp3) is 0.200. The summed E-state index contributed by atoms with van der Waals surface area (Å²) in [5.74, 6) is 0.379. The quantitative estimate of drug-likeness (QED) is 0.789. The molecule has 1 aromatic heterocycles. The first-order valence-corrected chi connectivity index (χ1v) is 6.13. The third kappa shape index (κ3) is 2.91. The molecule has 2 rings (SSSR count). The van der Waals surface area contributed by atoms with Gasteiger partial charge in [0.25, 0.3) is 0 Å². The van der Waals surface area contributed by atoms with Crippen LogP contribution in [0.1, 0.15) is 17.3 Å². The van der Waals surface area contributed by atoms with Crippen LogP contribution in [0, 0.1) is 0 Å². The van der Waals surface area contributed by atoms with E-state index >= 15 is 0 Å². The molecule has 19 heavy (non-hydrogen) atoms. The number of carbonyl (C=O) groups is 1. The molecule has 1 aromatic carbocycles. The largest absolute Gasteiger partial charge is 0.465 e. The second-order valence-corrected chi connectivity index (χ2v) is 3.97. The Hall–Kier alpha value is -2.36. The van der Waals surface area contributed by atoms with Gasteiger partial charge >= 0.3 is 5.97 Å². The number of benzene rings is 1. The van der Waals surface area contributed by atoms with Gasteiger partial charge in [-0.05, 0) is 31.2 Å². The van der Waals surface area contributed by atoms with Crippen LogP contribution < -0.4 is 4.90 Å². The Labute approximate surface area is 112 Å². The number of para-hydroxylation sites is 1. The molecule has 4 nitrogen and oxygen atoms in total. The summed E-state index contributed by atoms with van der Waals surface area (Å²) < 4.78 is 4.73. The summed E-state index contributed by atoms with van der Waals surface area (Å²) in [6.07, 6.45) is 1.62. The Kier molecular flexibility index (Phi) is 4.13. The van der Waals surface area contributed by atoms with Crippen LogP contribution in [0.5, 0.6) is 0 Å². The zero-order chi connectivity index (χ0) is 13.7. The van der Waals surface area contributed by atoms with Crippen LogP contribution in [0.3, 0.4) is 0 Å². The van der Waals surface area contributed by atoms with Crippen LogP contribution in [0.2, 0.25) is 0 Å². The highest BCUT2D eigenvalue weighted by Crippen LogP contribution is 2.23. The lowest BCUT2D eigenvalue weighted by Crippen LogP contribution is -2.17. The highest BCUT2D eigenvalue weighted by Gasteiger charge is 2.11. The van der Waals surface area contributed by atoms with Gasteiger partial charge in [0.2, 0.25) is 0 Å². The van der Waals surface area contributed by atoms with E-state index in [4.69, 9.17) is 4.74 Å². The van der Waals surface area contributed by atoms with Crippen molar-refractivity contribution < 1.29 is 9.53 Å². The lowest BCUT2D eigenvalue weighted by molar-refractivity contribution is 0.0600. The first kappa shape index (κ1) is 13.1. The number of hydrogen-bond donors (Lipinski definition) is 0. The number of ether oxygens (including phenoxy) is 1. The van der Waals surface area contributed by atoms with Crippen molar-refractivity contribution in [1.82, 2.24) is 4.98 Å². The van der Waals surface area contributed by atoms with Crippen molar-refractivity contribution in [2.45, 2.75) is 6.92 Å². The van der Waals surface area contributed by atoms with Gasteiger partial charge in [-0.15, -0.1) is 0 Å². The molecule has 0 saturated carbocycles. The Morgan fingerprint density at radius 2 is 2.00 bits per heavy atom. The van der Waals surface area contributed by atoms with Gasteiger partial charge in [0, 0.05) is 18.4 Å². The summed E-state index contributed by atoms with van der Waals surface area (Å²) in [6.45, 7) is 2.81. The molecular formula is C15H16N2O2. The summed E-state index contributed by atoms with van der Waals surface area (Å²) in [6, 6.07) is 13.3. The molecule has 0 aliphatic rings. The predicted octanol–water partition coefficient (Wildman–Crippen LogP) is 3.03. The molecule has 0 amide bonds. The molecule has 2 aromatic rings. The molecule has 0 atom stereocenters. The normalized spacial score (nSPS) is 10.0. The van der Waals surface area contributed by atoms with E-state index in [0.717, 1.165) is 18.1 Å². The molecule has 0 saturated heterocycles. The molecule has 0 N–H and O–H groups in total. The molecule has 0 aliphatic carbocycles. The number of methoxy groups -OCH3 is 1. The average molecular weight is 256 g/mol. The molecule has 4 heteroatoms. The van der Waals surface area contributed by atoms with Crippen LogP contribution in [-0.2, 0) is 4.74 Å². The van der Waals surface area contributed by atoms with Crippen molar-refractivity contribution in [2.24, 2.45) is 0 Å². The zero-order valence-electron chi connectivity index (χ0n) is 11.0. The minimum Gasteiger partial charge on any atom is -0.465 e. The number of aromatic nitrogens is 1. The van der Waals surface area contributed by atoms with Crippen molar-refractivity contribution in [3.8, 4) is 0 Å². The van der Waals surface area contributed by atoms with Crippen molar-refractivity contribution in [3.05, 3.63) is 54.2 Å². The SMILES string of the molecule is CCN(c1ccccc1)c1cc(C(=O)OC)ccn1. The van der Waals surface area contributed by atoms with Gasteiger partial charge < -0.3 is 9.64 Å². The van der Waals surface area contributed by atoms with Gasteiger partial charge in [0.05, 0.1) is 12.7 Å². The molecule has 0 unspecified atom stereocenters. The summed E-state index contributed by atoms with van der Waals surface area (Å²) in [5, 5.41) is 0. The summed E-state index contributed by atoms with van der Waals surface area (Å²) >= 11 is 0. The van der Waals surface area contributed by atoms with E-state index in [0.29, 0.717) is 5.56 Å². The van der Waals surface area contributed by atoms with Gasteiger partial charge in [-0.1, -0.05) is 18.2 Å². The van der Waals surface area contributed by atoms with Crippen molar-refractivity contribution in [2.75, 3.05) is 18.6 Å². The second-order valence-electron chi connectivity index (χ2n) is 3.97. The molecule has 0 aliphatic heterocycles. The summed E-state index contributed by atoms with van der Waals surface area (Å²) in [5.41, 5.74) is 1.54. The van der Waals surface area contributed by atoms with Crippen LogP contribution in [0.25, 0.3) is 0 Å². The maximum Gasteiger partial charge on any atom is 0.338 e. The highest BCUT2D eigenvalue weighted by molar-refractivity contribution is 5.90. The van der Waals surface area contributed by atoms with Gasteiger partial charge in [0.1, 0.15) is 5.82 Å². The first-order valence-electron chi connectivity index (χ1n) is 6.13. The standard InChI is InChI=1S/C15H16N2O2/c1-3-17(13-7-5-4-6-8-13)14-11-12(9-10-16-14)15(18)19-2/h4-11H,3H2,1-2H3. The number of pyridine rings is 1. The molecular weight excluding hydrogens is 240 g/mol. The van der Waals surface area contributed by atoms with E-state index in [1.165, 1.54) is 7.11 Å². The Balaban J connectivity index is 2.36. The Bertz CT molecular complexity index is 555. The fourth-order valence-corrected chi connectivity index (χ4v) is 1.90. The Morgan fingerprint density at radius 3 is 2.63 bits per heavy atom. The number of anilines is 2. The highest BCUT2D eigenvalue weighted by atomic mass is 16.5. The van der Waals surface area contributed by atoms with E-state index in [2.05, 4.69) is 4.98 Å². The number of esters is 1. The monoisotopic (exact) mass is 256 g/mol. The molecule has 0 spiro atoms. The minimum atomic E-state index is -0.354. The van der Waals surface area contributed by atoms with E-state index in [1.54, 1.807) is 18.3 Å². The maximum absolute atomic E-state index is 11.5. The van der Waals surface area contributed by atoms with E-state index in [-0.39, 0.29) is 5.97 Å². The van der Waals surface area contributed by atoms with Gasteiger partial charge in [0.15, 0.2) is 0 Å². The Morgan fingerprint density at radius 1 is 1.26 bits per heavy atom. The number of hydrogen-bond acceptors (Lipinski definition) is 4. The van der Waals surface area contributed by atoms with Gasteiger partial charge in [-0.2, -0.15) is 0 Å². The van der Waals surface area contributed by atoms with E-state index < -0.39 is 0 Å². The number of nitrogens with zero attached hydrogens (tertiary/aromatic N) is 2. The van der Waals surface area contributed by atoms with Crippen molar-refractivity contribution in [3.63, 3.8) is 0 Å². The number of carbonyl (C=O) groups excluding carboxylic acids is 1. The molecule has 1 heterocycles. The van der Waals surface area contributed by atoms with E-state index in [1.807, 2.05) is 42.2 Å². The maximum atomic E-state index is 11.5. The van der Waals surface area contributed by atoms with E-state index in [9.17, 15) is 4.79 Å². The van der Waals surface area contributed by atoms with Crippen molar-refractivity contribution >= 4 is 17.5 Å². The zero-order valence-corrected chi connectivity index (χ0v) is 11.0. The first-order chi connectivity index (χ1) is 9.26. The predicted molar refractivity (Wildman–Crippen MR) is 74.7 cm³/mol. The van der Waals surface area contributed by atoms with Crippen LogP contribution >= 0.6 is 0 Å². The van der Waals surface area contributed by atoms with Crippen molar-refractivity contribution in [1.29, 1.82) is 0 Å². The van der Waals surface area contributed by atoms with Crippen LogP contribution in [0.4, 0.5) is 11.5 Å². The van der Waals surface area contributed by atoms with Crippen LogP contribution in [0.15, 0.2) is 48.7 Å². The molecule has 98 valence electrons. The molecule has 0 radical (unpaired) electrons. The summed E-state index contributed by atoms with van der Waals surface area (Å²) in [7, 11) is 1.37. The van der Waals surface area contributed by atoms with Gasteiger partial charge in [-0.3, -0.25) is 0 Å². The van der Waals surface area contributed by atoms with Gasteiger partial charge in [-0.25, -0.2) is 9.78 Å². The molecule has 0 fully saturated rings. The number of rotatable bonds is 4. The van der Waals surface area contributed by atoms with Crippen LogP contribution in [-0.4, -0.2) is 24.6 Å². The lowest BCUT2D eigenvalue weighted by Gasteiger charge is -2.22. The molecule has 0 bridgehead atoms. The second kappa shape index (κ2) is 6.00. The lowest BCUT2D eigenvalue weighted by atomic mass is 10.2. The average Bonchev–Trinajstić information content (AvgIpc) is 2.48. The smallest absolute Gasteiger partial charge is 0.338 e. The summed E-state index contributed by atoms with van der Waals surface area (Å²) in [4.78, 5) is 17.9. The fourth-order valence-electron chi connectivity index (χ4n) is 1.90. The third-order valence-corrected chi connectivity index (χ3v) is 2.83. The topological polar surface area (TPSA) is 42.4 Å². The minimum absolute atomic E-state index is 0.354. The third-order valence-electron chi connectivity index (χ3n) is 2.83.